The van der Waals surface area contributed by atoms with E-state index in [1.807, 2.05) is 0 Å². The molecule has 29 heavy (non-hydrogen) atoms. The van der Waals surface area contributed by atoms with Crippen molar-refractivity contribution in [1.29, 1.82) is 0 Å². The molecule has 1 aromatic carbocycles. The summed E-state index contributed by atoms with van der Waals surface area (Å²) in [5.74, 6) is -1.27. The molecule has 0 aliphatic heterocycles. The summed E-state index contributed by atoms with van der Waals surface area (Å²) in [5.41, 5.74) is -0.457. The highest BCUT2D eigenvalue weighted by Gasteiger charge is 2.33. The second-order valence-electron chi connectivity index (χ2n) is 6.14. The number of fused-ring (bicyclic) bond motifs is 1. The third-order valence-corrected chi connectivity index (χ3v) is 4.23. The van der Waals surface area contributed by atoms with E-state index in [0.29, 0.717) is 5.69 Å². The minimum atomic E-state index is -4.66. The van der Waals surface area contributed by atoms with Gasteiger partial charge in [0.05, 0.1) is 17.1 Å². The number of amides is 2. The molecule has 0 radical (unpaired) electrons. The van der Waals surface area contributed by atoms with Crippen molar-refractivity contribution >= 4 is 34.9 Å². The first kappa shape index (κ1) is 20.5. The molecule has 0 saturated heterocycles. The van der Waals surface area contributed by atoms with Crippen LogP contribution in [-0.4, -0.2) is 49.9 Å². The fourth-order valence-corrected chi connectivity index (χ4v) is 2.70. The first-order valence-electron chi connectivity index (χ1n) is 8.16. The molecule has 152 valence electrons. The molecular weight excluding hydrogens is 413 g/mol. The Labute approximate surface area is 167 Å². The van der Waals surface area contributed by atoms with E-state index in [0.717, 1.165) is 17.0 Å². The maximum atomic E-state index is 12.9. The number of aromatic nitrogens is 4. The van der Waals surface area contributed by atoms with E-state index in [-0.39, 0.29) is 17.3 Å². The van der Waals surface area contributed by atoms with E-state index >= 15 is 0 Å². The number of hydrogen-bond acceptors (Lipinski definition) is 5. The molecule has 0 aliphatic carbocycles. The van der Waals surface area contributed by atoms with Crippen molar-refractivity contribution in [2.24, 2.45) is 0 Å². The van der Waals surface area contributed by atoms with Crippen LogP contribution in [0.15, 0.2) is 30.5 Å². The zero-order chi connectivity index (χ0) is 21.3. The van der Waals surface area contributed by atoms with Crippen molar-refractivity contribution in [3.63, 3.8) is 0 Å². The number of carbonyl (C=O) groups excluding carboxylic acids is 2. The Morgan fingerprint density at radius 2 is 2.00 bits per heavy atom. The zero-order valence-electron chi connectivity index (χ0n) is 15.2. The highest BCUT2D eigenvalue weighted by atomic mass is 35.5. The van der Waals surface area contributed by atoms with Crippen LogP contribution in [0, 0.1) is 6.92 Å². The van der Waals surface area contributed by atoms with Gasteiger partial charge in [0, 0.05) is 24.6 Å². The first-order chi connectivity index (χ1) is 13.6. The summed E-state index contributed by atoms with van der Waals surface area (Å²) in [5, 5.41) is 5.88. The topological polar surface area (TPSA) is 92.5 Å². The van der Waals surface area contributed by atoms with Crippen molar-refractivity contribution in [3.05, 3.63) is 52.6 Å². The smallest absolute Gasteiger partial charge is 0.330 e. The number of halogens is 4. The van der Waals surface area contributed by atoms with Crippen LogP contribution >= 0.6 is 11.6 Å². The van der Waals surface area contributed by atoms with Crippen molar-refractivity contribution in [3.8, 4) is 0 Å². The zero-order valence-corrected chi connectivity index (χ0v) is 15.9. The van der Waals surface area contributed by atoms with Crippen LogP contribution in [0.3, 0.4) is 0 Å². The standard InChI is InChI=1S/C17H14ClF3N6O2/c1-9-5-6-22-16-24-14(25-27(9)16)15(29)26(2)8-13(28)23-10-3-4-12(18)11(7-10)17(19,20)21/h3-7H,8H2,1-2H3,(H,23,28). The summed E-state index contributed by atoms with van der Waals surface area (Å²) < 4.78 is 40.1. The van der Waals surface area contributed by atoms with Crippen molar-refractivity contribution in [2.75, 3.05) is 18.9 Å². The number of alkyl halides is 3. The van der Waals surface area contributed by atoms with Gasteiger partial charge in [-0.05, 0) is 31.2 Å². The molecule has 0 spiro atoms. The average molecular weight is 427 g/mol. The average Bonchev–Trinajstić information content (AvgIpc) is 3.07. The van der Waals surface area contributed by atoms with E-state index in [4.69, 9.17) is 11.6 Å². The van der Waals surface area contributed by atoms with Crippen LogP contribution in [0.25, 0.3) is 5.78 Å². The summed E-state index contributed by atoms with van der Waals surface area (Å²) in [7, 11) is 1.34. The van der Waals surface area contributed by atoms with Crippen LogP contribution in [-0.2, 0) is 11.0 Å². The molecule has 3 rings (SSSR count). The molecule has 0 unspecified atom stereocenters. The highest BCUT2D eigenvalue weighted by molar-refractivity contribution is 6.31. The van der Waals surface area contributed by atoms with E-state index in [2.05, 4.69) is 20.4 Å². The van der Waals surface area contributed by atoms with E-state index in [1.165, 1.54) is 23.8 Å². The number of nitrogens with one attached hydrogen (secondary N) is 1. The largest absolute Gasteiger partial charge is 0.417 e. The van der Waals surface area contributed by atoms with Crippen molar-refractivity contribution in [2.45, 2.75) is 13.1 Å². The van der Waals surface area contributed by atoms with Crippen molar-refractivity contribution < 1.29 is 22.8 Å². The van der Waals surface area contributed by atoms with E-state index in [9.17, 15) is 22.8 Å². The monoisotopic (exact) mass is 426 g/mol. The highest BCUT2D eigenvalue weighted by Crippen LogP contribution is 2.36. The lowest BCUT2D eigenvalue weighted by atomic mass is 10.2. The second kappa shape index (κ2) is 7.66. The number of nitrogens with zero attached hydrogens (tertiary/aromatic N) is 5. The third kappa shape index (κ3) is 4.45. The predicted molar refractivity (Wildman–Crippen MR) is 97.6 cm³/mol. The SMILES string of the molecule is Cc1ccnc2nc(C(=O)N(C)CC(=O)Nc3ccc(Cl)c(C(F)(F)F)c3)nn12. The van der Waals surface area contributed by atoms with Gasteiger partial charge in [-0.2, -0.15) is 18.2 Å². The molecule has 8 nitrogen and oxygen atoms in total. The van der Waals surface area contributed by atoms with Gasteiger partial charge in [0.1, 0.15) is 0 Å². The molecule has 0 fully saturated rings. The Hall–Kier alpha value is -3.21. The minimum absolute atomic E-state index is 0.0988. The van der Waals surface area contributed by atoms with Gasteiger partial charge >= 0.3 is 6.18 Å². The third-order valence-electron chi connectivity index (χ3n) is 3.90. The molecule has 2 amide bonds. The van der Waals surface area contributed by atoms with Gasteiger partial charge in [0.25, 0.3) is 11.7 Å². The molecule has 0 bridgehead atoms. The maximum absolute atomic E-state index is 12.9. The van der Waals surface area contributed by atoms with Gasteiger partial charge in [0.2, 0.25) is 11.7 Å². The van der Waals surface area contributed by atoms with Crippen LogP contribution in [0.4, 0.5) is 18.9 Å². The number of hydrogen-bond donors (Lipinski definition) is 1. The molecule has 12 heteroatoms. The van der Waals surface area contributed by atoms with Crippen LogP contribution < -0.4 is 5.32 Å². The Kier molecular flexibility index (Phi) is 5.42. The molecule has 0 aliphatic rings. The summed E-state index contributed by atoms with van der Waals surface area (Å²) in [6, 6.07) is 4.68. The number of anilines is 1. The first-order valence-corrected chi connectivity index (χ1v) is 8.54. The summed E-state index contributed by atoms with van der Waals surface area (Å²) in [4.78, 5) is 33.7. The van der Waals surface area contributed by atoms with Gasteiger partial charge in [0.15, 0.2) is 0 Å². The van der Waals surface area contributed by atoms with Gasteiger partial charge in [-0.1, -0.05) is 11.6 Å². The fourth-order valence-electron chi connectivity index (χ4n) is 2.48. The molecule has 0 saturated carbocycles. The van der Waals surface area contributed by atoms with Gasteiger partial charge < -0.3 is 10.2 Å². The molecule has 2 heterocycles. The van der Waals surface area contributed by atoms with E-state index < -0.39 is 35.1 Å². The normalized spacial score (nSPS) is 11.5. The number of aryl methyl sites for hydroxylation is 1. The maximum Gasteiger partial charge on any atom is 0.417 e. The van der Waals surface area contributed by atoms with Crippen LogP contribution in [0.2, 0.25) is 5.02 Å². The number of rotatable bonds is 4. The number of benzene rings is 1. The van der Waals surface area contributed by atoms with Crippen LogP contribution in [0.5, 0.6) is 0 Å². The molecule has 3 aromatic rings. The van der Waals surface area contributed by atoms with Gasteiger partial charge in [-0.3, -0.25) is 9.59 Å². The lowest BCUT2D eigenvalue weighted by Crippen LogP contribution is -2.35. The summed E-state index contributed by atoms with van der Waals surface area (Å²) in [6.45, 7) is 1.33. The Balaban J connectivity index is 1.70. The Morgan fingerprint density at radius 3 is 2.66 bits per heavy atom. The van der Waals surface area contributed by atoms with E-state index in [1.54, 1.807) is 13.0 Å². The Morgan fingerprint density at radius 1 is 1.28 bits per heavy atom. The van der Waals surface area contributed by atoms with Crippen molar-refractivity contribution in [1.82, 2.24) is 24.5 Å². The summed E-state index contributed by atoms with van der Waals surface area (Å²) >= 11 is 5.55. The summed E-state index contributed by atoms with van der Waals surface area (Å²) in [6.07, 6.45) is -3.14. The van der Waals surface area contributed by atoms with Gasteiger partial charge in [-0.25, -0.2) is 9.50 Å². The molecule has 1 N–H and O–H groups in total. The molecule has 0 atom stereocenters. The van der Waals surface area contributed by atoms with Gasteiger partial charge in [-0.15, -0.1) is 5.10 Å². The lowest BCUT2D eigenvalue weighted by molar-refractivity contribution is -0.137. The number of carbonyl (C=O) groups is 2. The minimum Gasteiger partial charge on any atom is -0.330 e. The Bertz CT molecular complexity index is 1100. The predicted octanol–water partition coefficient (Wildman–Crippen LogP) is 2.82. The number of likely N-dealkylation sites (N-methyl/N-ethyl adjacent to an activating group) is 1. The lowest BCUT2D eigenvalue weighted by Gasteiger charge is -2.16. The molecular formula is C17H14ClF3N6O2. The molecule has 2 aromatic heterocycles. The quantitative estimate of drug-likeness (QED) is 0.692. The second-order valence-corrected chi connectivity index (χ2v) is 6.54. The van der Waals surface area contributed by atoms with Crippen LogP contribution in [0.1, 0.15) is 21.9 Å². The fraction of sp³-hybridized carbons (Fsp3) is 0.235.